The van der Waals surface area contributed by atoms with Crippen LogP contribution in [0.2, 0.25) is 0 Å². The van der Waals surface area contributed by atoms with E-state index in [0.29, 0.717) is 36.7 Å². The Morgan fingerprint density at radius 1 is 1.26 bits per heavy atom. The van der Waals surface area contributed by atoms with E-state index in [1.54, 1.807) is 23.1 Å². The van der Waals surface area contributed by atoms with Crippen LogP contribution in [-0.2, 0) is 0 Å². The van der Waals surface area contributed by atoms with Crippen LogP contribution in [0.1, 0.15) is 28.8 Å². The molecule has 2 aliphatic heterocycles. The Morgan fingerprint density at radius 2 is 2.00 bits per heavy atom. The van der Waals surface area contributed by atoms with Crippen LogP contribution in [0.3, 0.4) is 0 Å². The first-order chi connectivity index (χ1) is 14.7. The number of amides is 1. The zero-order valence-electron chi connectivity index (χ0n) is 16.6. The van der Waals surface area contributed by atoms with Gasteiger partial charge in [0.2, 0.25) is 0 Å². The molecular weight excluding hydrogens is 424 g/mol. The van der Waals surface area contributed by atoms with Crippen LogP contribution in [0.25, 0.3) is 0 Å². The first-order valence-corrected chi connectivity index (χ1v) is 11.2. The van der Waals surface area contributed by atoms with Crippen molar-refractivity contribution in [3.63, 3.8) is 0 Å². The number of ether oxygens (including phenoxy) is 1. The lowest BCUT2D eigenvalue weighted by Gasteiger charge is -2.34. The molecule has 2 aromatic rings. The number of piperidine rings is 1. The Balaban J connectivity index is 1.44. The van der Waals surface area contributed by atoms with Gasteiger partial charge in [0, 0.05) is 30.6 Å². The van der Waals surface area contributed by atoms with E-state index in [1.807, 2.05) is 0 Å². The van der Waals surface area contributed by atoms with E-state index < -0.39 is 11.0 Å². The lowest BCUT2D eigenvalue weighted by Crippen LogP contribution is -2.41. The number of fused-ring (bicyclic) bond motifs is 1. The topological polar surface area (TPSA) is 161 Å². The first kappa shape index (κ1) is 21.1. The molecule has 1 fully saturated rings. The lowest BCUT2D eigenvalue weighted by atomic mass is 9.98. The summed E-state index contributed by atoms with van der Waals surface area (Å²) in [4.78, 5) is 14.5. The Labute approximate surface area is 180 Å². The number of carbonyl (C=O) groups excluding carboxylic acids is 1. The Bertz CT molecular complexity index is 1020. The van der Waals surface area contributed by atoms with Gasteiger partial charge in [0.1, 0.15) is 17.2 Å². The van der Waals surface area contributed by atoms with Crippen molar-refractivity contribution in [3.8, 4) is 17.2 Å². The average molecular weight is 449 g/mol. The molecule has 0 spiro atoms. The van der Waals surface area contributed by atoms with Crippen LogP contribution in [-0.4, -0.2) is 55.7 Å². The van der Waals surface area contributed by atoms with E-state index >= 15 is 0 Å². The molecule has 7 N–H and O–H groups in total. The Kier molecular flexibility index (Phi) is 5.56. The Morgan fingerprint density at radius 3 is 2.74 bits per heavy atom. The second-order valence-electron chi connectivity index (χ2n) is 7.58. The smallest absolute Gasteiger partial charge is 0.254 e. The molecule has 1 atom stereocenters. The number of phenols is 2. The van der Waals surface area contributed by atoms with Crippen molar-refractivity contribution in [1.29, 1.82) is 0 Å². The fraction of sp³-hybridized carbons (Fsp3) is 0.300. The zero-order valence-corrected chi connectivity index (χ0v) is 17.4. The molecule has 2 aromatic carbocycles. The number of benzene rings is 2. The molecule has 10 nitrogen and oxygen atoms in total. The molecule has 11 heteroatoms. The summed E-state index contributed by atoms with van der Waals surface area (Å²) >= 11 is 0. The number of hydrogen-bond acceptors (Lipinski definition) is 9. The maximum atomic E-state index is 12.8. The number of nitrogens with one attached hydrogen (secondary N) is 1. The molecule has 0 saturated carbocycles. The highest BCUT2D eigenvalue weighted by atomic mass is 32.3. The average Bonchev–Trinajstić information content (AvgIpc) is 2.70. The second-order valence-corrected chi connectivity index (χ2v) is 9.01. The number of nitrogens with zero attached hydrogens (tertiary/aromatic N) is 2. The number of hydrogen-bond donors (Lipinski definition) is 6. The predicted molar refractivity (Wildman–Crippen MR) is 118 cm³/mol. The van der Waals surface area contributed by atoms with Crippen molar-refractivity contribution in [2.75, 3.05) is 24.4 Å². The molecule has 0 unspecified atom stereocenters. The molecule has 2 heterocycles. The van der Waals surface area contributed by atoms with Crippen LogP contribution in [0.15, 0.2) is 40.8 Å². The molecule has 0 bridgehead atoms. The van der Waals surface area contributed by atoms with E-state index in [1.165, 1.54) is 18.2 Å². The van der Waals surface area contributed by atoms with Crippen molar-refractivity contribution < 1.29 is 28.8 Å². The third-order valence-corrected chi connectivity index (χ3v) is 6.13. The molecule has 31 heavy (non-hydrogen) atoms. The normalized spacial score (nSPS) is 20.8. The Hall–Kier alpha value is -3.15. The van der Waals surface area contributed by atoms with Crippen molar-refractivity contribution in [1.82, 2.24) is 4.90 Å². The SMILES string of the molecule is NC1=NS(O)(O)Nc2cccc(OC[C@H]3CCCN(C(=O)c4cc(O)cc(O)c4)C3)c21. The minimum absolute atomic E-state index is 0.0199. The molecule has 4 rings (SSSR count). The number of amidine groups is 1. The summed E-state index contributed by atoms with van der Waals surface area (Å²) in [7, 11) is -3.37. The van der Waals surface area contributed by atoms with Gasteiger partial charge in [-0.15, -0.1) is 4.40 Å². The number of nitrogens with two attached hydrogens (primary N) is 1. The first-order valence-electron chi connectivity index (χ1n) is 9.72. The van der Waals surface area contributed by atoms with Crippen molar-refractivity contribution in [3.05, 3.63) is 47.5 Å². The van der Waals surface area contributed by atoms with Gasteiger partial charge in [-0.05, 0) is 48.1 Å². The van der Waals surface area contributed by atoms with E-state index in [9.17, 15) is 24.1 Å². The fourth-order valence-electron chi connectivity index (χ4n) is 3.85. The highest BCUT2D eigenvalue weighted by Crippen LogP contribution is 2.46. The number of aromatic hydroxyl groups is 2. The van der Waals surface area contributed by atoms with Crippen LogP contribution < -0.4 is 15.2 Å². The van der Waals surface area contributed by atoms with Gasteiger partial charge in [-0.1, -0.05) is 6.07 Å². The number of carbonyl (C=O) groups is 1. The standard InChI is InChI=1S/C20H24N4O6S/c21-19-18-16(22-31(28,29)23-19)4-1-5-17(18)30-11-12-3-2-6-24(10-12)20(27)13-7-14(25)9-15(26)8-13/h1,4-5,7-9,12,22,25-26,28-29H,2-3,6,10-11H2,(H2,21,23)/t12-/m0/s1. The molecule has 166 valence electrons. The highest BCUT2D eigenvalue weighted by molar-refractivity contribution is 8.24. The van der Waals surface area contributed by atoms with E-state index in [2.05, 4.69) is 9.12 Å². The second kappa shape index (κ2) is 8.17. The summed E-state index contributed by atoms with van der Waals surface area (Å²) in [5, 5.41) is 19.3. The minimum atomic E-state index is -3.37. The number of anilines is 1. The summed E-state index contributed by atoms with van der Waals surface area (Å²) in [6.07, 6.45) is 1.66. The predicted octanol–water partition coefficient (Wildman–Crippen LogP) is 2.74. The van der Waals surface area contributed by atoms with E-state index in [4.69, 9.17) is 10.5 Å². The molecule has 0 aliphatic carbocycles. The largest absolute Gasteiger partial charge is 0.508 e. The van der Waals surface area contributed by atoms with Gasteiger partial charge in [-0.2, -0.15) is 0 Å². The van der Waals surface area contributed by atoms with Crippen LogP contribution in [0.4, 0.5) is 5.69 Å². The summed E-state index contributed by atoms with van der Waals surface area (Å²) in [6.45, 7) is 1.37. The number of rotatable bonds is 4. The van der Waals surface area contributed by atoms with Crippen molar-refractivity contribution >= 4 is 28.4 Å². The molecule has 1 saturated heterocycles. The minimum Gasteiger partial charge on any atom is -0.508 e. The van der Waals surface area contributed by atoms with Gasteiger partial charge in [0.25, 0.3) is 5.91 Å². The molecular formula is C20H24N4O6S. The monoisotopic (exact) mass is 448 g/mol. The van der Waals surface area contributed by atoms with E-state index in [-0.39, 0.29) is 34.7 Å². The van der Waals surface area contributed by atoms with Gasteiger partial charge in [-0.25, -0.2) is 0 Å². The maximum Gasteiger partial charge on any atom is 0.254 e. The van der Waals surface area contributed by atoms with Crippen LogP contribution in [0, 0.1) is 5.92 Å². The van der Waals surface area contributed by atoms with Crippen molar-refractivity contribution in [2.24, 2.45) is 16.0 Å². The molecule has 0 radical (unpaired) electrons. The van der Waals surface area contributed by atoms with Gasteiger partial charge >= 0.3 is 0 Å². The third kappa shape index (κ3) is 4.63. The summed E-state index contributed by atoms with van der Waals surface area (Å²) in [5.41, 5.74) is 7.04. The van der Waals surface area contributed by atoms with Crippen LogP contribution in [0.5, 0.6) is 17.2 Å². The highest BCUT2D eigenvalue weighted by Gasteiger charge is 2.28. The number of likely N-dealkylation sites (tertiary alicyclic amines) is 1. The zero-order chi connectivity index (χ0) is 22.2. The third-order valence-electron chi connectivity index (χ3n) is 5.19. The fourth-order valence-corrected chi connectivity index (χ4v) is 4.72. The van der Waals surface area contributed by atoms with Gasteiger partial charge < -0.3 is 25.6 Å². The number of phenolic OH excluding ortho intramolecular Hbond substituents is 2. The van der Waals surface area contributed by atoms with Gasteiger partial charge in [-0.3, -0.25) is 18.6 Å². The van der Waals surface area contributed by atoms with Crippen LogP contribution >= 0.6 is 11.0 Å². The summed E-state index contributed by atoms with van der Waals surface area (Å²) in [5.74, 6) is -0.0958. The lowest BCUT2D eigenvalue weighted by molar-refractivity contribution is 0.0632. The molecule has 2 aliphatic rings. The summed E-state index contributed by atoms with van der Waals surface area (Å²) in [6, 6.07) is 8.92. The summed E-state index contributed by atoms with van der Waals surface area (Å²) < 4.78 is 31.8. The quantitative estimate of drug-likeness (QED) is 0.416. The van der Waals surface area contributed by atoms with E-state index in [0.717, 1.165) is 12.8 Å². The molecule has 0 aromatic heterocycles. The van der Waals surface area contributed by atoms with Gasteiger partial charge in [0.15, 0.2) is 5.84 Å². The van der Waals surface area contributed by atoms with Gasteiger partial charge in [0.05, 0.1) is 17.9 Å². The molecule has 1 amide bonds. The maximum absolute atomic E-state index is 12.8. The van der Waals surface area contributed by atoms with Crippen molar-refractivity contribution in [2.45, 2.75) is 12.8 Å².